The summed E-state index contributed by atoms with van der Waals surface area (Å²) in [6.07, 6.45) is 0.202. The molecule has 0 unspecified atom stereocenters. The molecule has 0 aliphatic rings. The molecule has 1 heterocycles. The van der Waals surface area contributed by atoms with Crippen LogP contribution in [0, 0.1) is 11.6 Å². The third kappa shape index (κ3) is 3.57. The maximum atomic E-state index is 13.5. The van der Waals surface area contributed by atoms with E-state index in [9.17, 15) is 13.6 Å². The topological polar surface area (TPSA) is 72.7 Å². The number of carbonyl (C=O) groups excluding carboxylic acids is 1. The lowest BCUT2D eigenvalue weighted by Crippen LogP contribution is -2.26. The summed E-state index contributed by atoms with van der Waals surface area (Å²) in [6.45, 7) is 0.0512. The van der Waals surface area contributed by atoms with Gasteiger partial charge in [-0.15, -0.1) is 5.10 Å². The number of carbonyl (C=O) groups is 1. The Kier molecular flexibility index (Phi) is 4.76. The van der Waals surface area contributed by atoms with Gasteiger partial charge in [-0.3, -0.25) is 4.79 Å². The zero-order chi connectivity index (χ0) is 19.5. The van der Waals surface area contributed by atoms with E-state index in [2.05, 4.69) is 20.8 Å². The fourth-order valence-corrected chi connectivity index (χ4v) is 2.99. The first kappa shape index (κ1) is 17.7. The van der Waals surface area contributed by atoms with Gasteiger partial charge in [0.25, 0.3) is 0 Å². The Morgan fingerprint density at radius 2 is 1.82 bits per heavy atom. The second-order valence-electron chi connectivity index (χ2n) is 6.20. The molecule has 1 aromatic heterocycles. The number of aromatic nitrogens is 4. The largest absolute Gasteiger partial charge is 0.348 e. The van der Waals surface area contributed by atoms with Gasteiger partial charge >= 0.3 is 0 Å². The molecule has 0 aliphatic heterocycles. The van der Waals surface area contributed by atoms with Crippen LogP contribution < -0.4 is 5.32 Å². The van der Waals surface area contributed by atoms with E-state index in [4.69, 9.17) is 0 Å². The molecule has 1 amide bonds. The molecular formula is C20H15F2N5O. The molecule has 4 rings (SSSR count). The van der Waals surface area contributed by atoms with Crippen LogP contribution in [0.5, 0.6) is 0 Å². The fraction of sp³-hybridized carbons (Fsp3) is 0.100. The van der Waals surface area contributed by atoms with Gasteiger partial charge in [-0.05, 0) is 38.9 Å². The van der Waals surface area contributed by atoms with Gasteiger partial charge in [0.1, 0.15) is 0 Å². The molecule has 0 saturated carbocycles. The maximum Gasteiger partial charge on any atom is 0.224 e. The first-order chi connectivity index (χ1) is 13.6. The molecule has 0 saturated heterocycles. The van der Waals surface area contributed by atoms with Crippen LogP contribution in [0.25, 0.3) is 16.5 Å². The third-order valence-corrected chi connectivity index (χ3v) is 4.36. The number of halogens is 2. The first-order valence-corrected chi connectivity index (χ1v) is 8.58. The van der Waals surface area contributed by atoms with Crippen LogP contribution in [-0.4, -0.2) is 26.1 Å². The molecule has 0 aliphatic carbocycles. The molecular weight excluding hydrogens is 364 g/mol. The number of nitrogens with zero attached hydrogens (tertiary/aromatic N) is 4. The minimum absolute atomic E-state index is 0.0512. The number of benzene rings is 3. The van der Waals surface area contributed by atoms with Crippen molar-refractivity contribution in [1.82, 2.24) is 25.5 Å². The van der Waals surface area contributed by atoms with E-state index in [1.807, 2.05) is 42.5 Å². The normalized spacial score (nSPS) is 10.9. The van der Waals surface area contributed by atoms with Crippen LogP contribution in [0.4, 0.5) is 8.78 Å². The van der Waals surface area contributed by atoms with E-state index in [1.54, 1.807) is 0 Å². The second-order valence-corrected chi connectivity index (χ2v) is 6.20. The lowest BCUT2D eigenvalue weighted by atomic mass is 10.0. The number of fused-ring (bicyclic) bond motifs is 1. The molecule has 6 nitrogen and oxygen atoms in total. The van der Waals surface area contributed by atoms with Crippen molar-refractivity contribution >= 4 is 16.7 Å². The molecule has 1 N–H and O–H groups in total. The molecule has 0 spiro atoms. The number of amides is 1. The van der Waals surface area contributed by atoms with E-state index >= 15 is 0 Å². The van der Waals surface area contributed by atoms with Crippen LogP contribution >= 0.6 is 0 Å². The van der Waals surface area contributed by atoms with Crippen molar-refractivity contribution in [2.75, 3.05) is 0 Å². The van der Waals surface area contributed by atoms with Crippen LogP contribution in [-0.2, 0) is 17.8 Å². The van der Waals surface area contributed by atoms with Crippen LogP contribution in [0.1, 0.15) is 11.4 Å². The van der Waals surface area contributed by atoms with Crippen LogP contribution in [0.2, 0.25) is 0 Å². The van der Waals surface area contributed by atoms with E-state index in [-0.39, 0.29) is 24.6 Å². The Balaban J connectivity index is 1.47. The van der Waals surface area contributed by atoms with Crippen molar-refractivity contribution in [3.63, 3.8) is 0 Å². The Hall–Kier alpha value is -3.68. The quantitative estimate of drug-likeness (QED) is 0.579. The monoisotopic (exact) mass is 379 g/mol. The van der Waals surface area contributed by atoms with Gasteiger partial charge in [0, 0.05) is 6.07 Å². The van der Waals surface area contributed by atoms with Crippen molar-refractivity contribution in [3.8, 4) is 5.69 Å². The summed E-state index contributed by atoms with van der Waals surface area (Å²) in [6, 6.07) is 17.0. The Morgan fingerprint density at radius 3 is 2.68 bits per heavy atom. The lowest BCUT2D eigenvalue weighted by Gasteiger charge is -2.08. The molecule has 4 aromatic rings. The summed E-state index contributed by atoms with van der Waals surface area (Å²) in [4.78, 5) is 12.4. The number of nitrogens with one attached hydrogen (secondary N) is 1. The summed E-state index contributed by atoms with van der Waals surface area (Å²) in [7, 11) is 0. The van der Waals surface area contributed by atoms with Gasteiger partial charge in [0.15, 0.2) is 17.5 Å². The molecule has 0 bridgehead atoms. The van der Waals surface area contributed by atoms with Crippen molar-refractivity contribution in [2.24, 2.45) is 0 Å². The van der Waals surface area contributed by atoms with Gasteiger partial charge < -0.3 is 5.32 Å². The molecule has 140 valence electrons. The Bertz CT molecular complexity index is 1150. The minimum atomic E-state index is -1.00. The van der Waals surface area contributed by atoms with Gasteiger partial charge in [0.05, 0.1) is 18.7 Å². The van der Waals surface area contributed by atoms with Crippen molar-refractivity contribution in [3.05, 3.63) is 83.7 Å². The van der Waals surface area contributed by atoms with Gasteiger partial charge in [0.2, 0.25) is 5.91 Å². The average Bonchev–Trinajstić information content (AvgIpc) is 3.17. The van der Waals surface area contributed by atoms with Crippen molar-refractivity contribution in [2.45, 2.75) is 13.0 Å². The number of tetrazole rings is 1. The number of hydrogen-bond donors (Lipinski definition) is 1. The first-order valence-electron chi connectivity index (χ1n) is 8.58. The Morgan fingerprint density at radius 1 is 1.00 bits per heavy atom. The highest BCUT2D eigenvalue weighted by molar-refractivity contribution is 5.90. The lowest BCUT2D eigenvalue weighted by molar-refractivity contribution is -0.120. The highest BCUT2D eigenvalue weighted by Crippen LogP contribution is 2.19. The highest BCUT2D eigenvalue weighted by atomic mass is 19.2. The molecule has 0 fully saturated rings. The third-order valence-electron chi connectivity index (χ3n) is 4.36. The minimum Gasteiger partial charge on any atom is -0.348 e. The summed E-state index contributed by atoms with van der Waals surface area (Å²) in [5.74, 6) is -1.85. The smallest absolute Gasteiger partial charge is 0.224 e. The maximum absolute atomic E-state index is 13.5. The second kappa shape index (κ2) is 7.51. The number of hydrogen-bond acceptors (Lipinski definition) is 4. The predicted molar refractivity (Wildman–Crippen MR) is 98.6 cm³/mol. The molecule has 0 atom stereocenters. The van der Waals surface area contributed by atoms with E-state index in [0.29, 0.717) is 5.82 Å². The summed E-state index contributed by atoms with van der Waals surface area (Å²) >= 11 is 0. The van der Waals surface area contributed by atoms with Crippen LogP contribution in [0.15, 0.2) is 60.7 Å². The van der Waals surface area contributed by atoms with E-state index in [1.165, 1.54) is 10.7 Å². The van der Waals surface area contributed by atoms with E-state index < -0.39 is 11.6 Å². The molecule has 8 heteroatoms. The zero-order valence-corrected chi connectivity index (χ0v) is 14.6. The molecule has 28 heavy (non-hydrogen) atoms. The summed E-state index contributed by atoms with van der Waals surface area (Å²) in [5, 5.41) is 16.0. The number of rotatable bonds is 5. The van der Waals surface area contributed by atoms with Crippen molar-refractivity contribution < 1.29 is 13.6 Å². The van der Waals surface area contributed by atoms with Gasteiger partial charge in [-0.25, -0.2) is 8.78 Å². The standard InChI is InChI=1S/C20H15F2N5O/c21-17-9-8-15(11-18(17)22)27-19(24-25-26-27)12-23-20(28)10-14-6-3-5-13-4-1-2-7-16(13)14/h1-9,11H,10,12H2,(H,23,28). The van der Waals surface area contributed by atoms with Crippen LogP contribution in [0.3, 0.4) is 0 Å². The highest BCUT2D eigenvalue weighted by Gasteiger charge is 2.13. The predicted octanol–water partition coefficient (Wildman–Crippen LogP) is 2.95. The zero-order valence-electron chi connectivity index (χ0n) is 14.6. The van der Waals surface area contributed by atoms with E-state index in [0.717, 1.165) is 28.5 Å². The van der Waals surface area contributed by atoms with Crippen molar-refractivity contribution in [1.29, 1.82) is 0 Å². The summed E-state index contributed by atoms with van der Waals surface area (Å²) < 4.78 is 27.8. The SMILES string of the molecule is O=C(Cc1cccc2ccccc12)NCc1nnnn1-c1ccc(F)c(F)c1. The fourth-order valence-electron chi connectivity index (χ4n) is 2.99. The molecule has 0 radical (unpaired) electrons. The summed E-state index contributed by atoms with van der Waals surface area (Å²) in [5.41, 5.74) is 1.18. The molecule has 3 aromatic carbocycles. The Labute approximate surface area is 158 Å². The average molecular weight is 379 g/mol. The van der Waals surface area contributed by atoms with Gasteiger partial charge in [-0.2, -0.15) is 4.68 Å². The van der Waals surface area contributed by atoms with Gasteiger partial charge in [-0.1, -0.05) is 42.5 Å².